The summed E-state index contributed by atoms with van der Waals surface area (Å²) in [6.07, 6.45) is 6.25. The van der Waals surface area contributed by atoms with E-state index in [1.54, 1.807) is 0 Å². The number of allylic oxidation sites excluding steroid dienone is 2. The first kappa shape index (κ1) is 12.9. The minimum absolute atomic E-state index is 0.182. The Morgan fingerprint density at radius 1 is 1.47 bits per heavy atom. The SMILES string of the molecule is C[C@@]1(C(=O)OC(CCl)CCl)CC=CCC1. The van der Waals surface area contributed by atoms with E-state index in [0.29, 0.717) is 0 Å². The molecule has 1 aliphatic rings. The van der Waals surface area contributed by atoms with E-state index in [9.17, 15) is 4.79 Å². The molecule has 15 heavy (non-hydrogen) atoms. The first-order valence-corrected chi connectivity index (χ1v) is 6.17. The molecule has 0 spiro atoms. The van der Waals surface area contributed by atoms with Gasteiger partial charge in [0.25, 0.3) is 0 Å². The molecule has 0 aromatic heterocycles. The molecule has 1 rings (SSSR count). The van der Waals surface area contributed by atoms with Crippen molar-refractivity contribution >= 4 is 29.2 Å². The van der Waals surface area contributed by atoms with E-state index >= 15 is 0 Å². The normalized spacial score (nSPS) is 25.6. The molecule has 0 aromatic carbocycles. The van der Waals surface area contributed by atoms with Crippen molar-refractivity contribution < 1.29 is 9.53 Å². The third kappa shape index (κ3) is 3.39. The summed E-state index contributed by atoms with van der Waals surface area (Å²) in [5.74, 6) is 0.320. The summed E-state index contributed by atoms with van der Waals surface area (Å²) >= 11 is 11.2. The number of esters is 1. The Bertz CT molecular complexity index is 249. The van der Waals surface area contributed by atoms with Gasteiger partial charge in [0.1, 0.15) is 6.10 Å². The Morgan fingerprint density at radius 2 is 2.13 bits per heavy atom. The lowest BCUT2D eigenvalue weighted by Crippen LogP contribution is -2.34. The summed E-state index contributed by atoms with van der Waals surface area (Å²) < 4.78 is 5.25. The van der Waals surface area contributed by atoms with Crippen LogP contribution in [0, 0.1) is 5.41 Å². The van der Waals surface area contributed by atoms with Gasteiger partial charge in [0.05, 0.1) is 17.2 Å². The van der Waals surface area contributed by atoms with Gasteiger partial charge in [0.2, 0.25) is 0 Å². The summed E-state index contributed by atoms with van der Waals surface area (Å²) in [7, 11) is 0. The van der Waals surface area contributed by atoms with Crippen molar-refractivity contribution in [3.63, 3.8) is 0 Å². The van der Waals surface area contributed by atoms with E-state index in [1.807, 2.05) is 13.0 Å². The Kier molecular flexibility index (Phi) is 4.94. The van der Waals surface area contributed by atoms with Crippen LogP contribution in [-0.4, -0.2) is 23.8 Å². The maximum absolute atomic E-state index is 11.9. The predicted octanol–water partition coefficient (Wildman–Crippen LogP) is 3.12. The van der Waals surface area contributed by atoms with Gasteiger partial charge in [-0.15, -0.1) is 23.2 Å². The van der Waals surface area contributed by atoms with E-state index in [2.05, 4.69) is 6.08 Å². The van der Waals surface area contributed by atoms with Crippen LogP contribution in [0.15, 0.2) is 12.2 Å². The first-order valence-electron chi connectivity index (χ1n) is 5.10. The highest BCUT2D eigenvalue weighted by Crippen LogP contribution is 2.33. The standard InChI is InChI=1S/C11H16Cl2O2/c1-11(5-3-2-4-6-11)10(14)15-9(7-12)8-13/h2-3,9H,4-8H2,1H3/t11-/m1/s1. The van der Waals surface area contributed by atoms with Crippen molar-refractivity contribution in [1.82, 2.24) is 0 Å². The Balaban J connectivity index is 2.55. The molecule has 0 amide bonds. The molecule has 0 bridgehead atoms. The lowest BCUT2D eigenvalue weighted by atomic mass is 9.79. The average Bonchev–Trinajstić information content (AvgIpc) is 2.26. The largest absolute Gasteiger partial charge is 0.459 e. The number of hydrogen-bond acceptors (Lipinski definition) is 2. The third-order valence-electron chi connectivity index (χ3n) is 2.71. The molecule has 86 valence electrons. The zero-order valence-corrected chi connectivity index (χ0v) is 10.4. The molecular weight excluding hydrogens is 235 g/mol. The van der Waals surface area contributed by atoms with E-state index in [0.717, 1.165) is 19.3 Å². The van der Waals surface area contributed by atoms with Gasteiger partial charge in [-0.25, -0.2) is 0 Å². The van der Waals surface area contributed by atoms with Gasteiger partial charge >= 0.3 is 5.97 Å². The zero-order valence-electron chi connectivity index (χ0n) is 8.84. The zero-order chi connectivity index (χ0) is 11.3. The predicted molar refractivity (Wildman–Crippen MR) is 62.4 cm³/mol. The summed E-state index contributed by atoms with van der Waals surface area (Å²) in [4.78, 5) is 11.9. The lowest BCUT2D eigenvalue weighted by molar-refractivity contribution is -0.159. The van der Waals surface area contributed by atoms with Crippen LogP contribution in [0.1, 0.15) is 26.2 Å². The second kappa shape index (κ2) is 5.76. The number of halogens is 2. The fourth-order valence-electron chi connectivity index (χ4n) is 1.55. The molecule has 4 heteroatoms. The smallest absolute Gasteiger partial charge is 0.312 e. The number of carbonyl (C=O) groups excluding carboxylic acids is 1. The highest BCUT2D eigenvalue weighted by atomic mass is 35.5. The Hall–Kier alpha value is -0.210. The molecule has 2 nitrogen and oxygen atoms in total. The van der Waals surface area contributed by atoms with Crippen LogP contribution < -0.4 is 0 Å². The second-order valence-electron chi connectivity index (χ2n) is 4.11. The number of rotatable bonds is 4. The number of ether oxygens (including phenoxy) is 1. The average molecular weight is 251 g/mol. The molecule has 0 saturated heterocycles. The second-order valence-corrected chi connectivity index (χ2v) is 4.73. The van der Waals surface area contributed by atoms with E-state index < -0.39 is 5.41 Å². The molecule has 0 unspecified atom stereocenters. The van der Waals surface area contributed by atoms with Gasteiger partial charge < -0.3 is 4.74 Å². The van der Waals surface area contributed by atoms with Gasteiger partial charge in [0, 0.05) is 0 Å². The quantitative estimate of drug-likeness (QED) is 0.436. The minimum atomic E-state index is -0.398. The number of hydrogen-bond donors (Lipinski definition) is 0. The van der Waals surface area contributed by atoms with E-state index in [1.165, 1.54) is 0 Å². The molecule has 0 fully saturated rings. The van der Waals surface area contributed by atoms with Gasteiger partial charge in [-0.3, -0.25) is 4.79 Å². The third-order valence-corrected chi connectivity index (χ3v) is 3.40. The summed E-state index contributed by atoms with van der Waals surface area (Å²) in [6.45, 7) is 1.93. The number of carbonyl (C=O) groups is 1. The minimum Gasteiger partial charge on any atom is -0.459 e. The maximum Gasteiger partial charge on any atom is 0.312 e. The first-order chi connectivity index (χ1) is 7.12. The molecule has 0 heterocycles. The molecule has 1 atom stereocenters. The van der Waals surface area contributed by atoms with Gasteiger partial charge in [0.15, 0.2) is 0 Å². The highest BCUT2D eigenvalue weighted by Gasteiger charge is 2.35. The van der Waals surface area contributed by atoms with Gasteiger partial charge in [-0.05, 0) is 26.2 Å². The molecule has 1 aliphatic carbocycles. The Morgan fingerprint density at radius 3 is 2.60 bits per heavy atom. The van der Waals surface area contributed by atoms with Crippen LogP contribution in [0.3, 0.4) is 0 Å². The van der Waals surface area contributed by atoms with Crippen molar-refractivity contribution in [2.75, 3.05) is 11.8 Å². The molecule has 0 radical (unpaired) electrons. The topological polar surface area (TPSA) is 26.3 Å². The van der Waals surface area contributed by atoms with E-state index in [-0.39, 0.29) is 23.8 Å². The molecule has 0 aromatic rings. The van der Waals surface area contributed by atoms with Crippen LogP contribution in [0.2, 0.25) is 0 Å². The number of alkyl halides is 2. The monoisotopic (exact) mass is 250 g/mol. The van der Waals surface area contributed by atoms with Crippen LogP contribution in [0.4, 0.5) is 0 Å². The summed E-state index contributed by atoms with van der Waals surface area (Å²) in [5, 5.41) is 0. The molecule has 0 saturated carbocycles. The van der Waals surface area contributed by atoms with Crippen molar-refractivity contribution in [1.29, 1.82) is 0 Å². The van der Waals surface area contributed by atoms with Crippen molar-refractivity contribution in [3.8, 4) is 0 Å². The lowest BCUT2D eigenvalue weighted by Gasteiger charge is -2.29. The fourth-order valence-corrected chi connectivity index (χ4v) is 2.00. The summed E-state index contributed by atoms with van der Waals surface area (Å²) in [6, 6.07) is 0. The molecular formula is C11H16Cl2O2. The highest BCUT2D eigenvalue weighted by molar-refractivity contribution is 6.21. The van der Waals surface area contributed by atoms with Crippen LogP contribution >= 0.6 is 23.2 Å². The maximum atomic E-state index is 11.9. The van der Waals surface area contributed by atoms with Crippen LogP contribution in [0.25, 0.3) is 0 Å². The fraction of sp³-hybridized carbons (Fsp3) is 0.727. The van der Waals surface area contributed by atoms with E-state index in [4.69, 9.17) is 27.9 Å². The Labute approximate surface area is 101 Å². The van der Waals surface area contributed by atoms with Crippen molar-refractivity contribution in [3.05, 3.63) is 12.2 Å². The van der Waals surface area contributed by atoms with Gasteiger partial charge in [-0.1, -0.05) is 12.2 Å². The molecule has 0 N–H and O–H groups in total. The van der Waals surface area contributed by atoms with Crippen molar-refractivity contribution in [2.24, 2.45) is 5.41 Å². The summed E-state index contributed by atoms with van der Waals surface area (Å²) in [5.41, 5.74) is -0.398. The van der Waals surface area contributed by atoms with Gasteiger partial charge in [-0.2, -0.15) is 0 Å². The van der Waals surface area contributed by atoms with Crippen molar-refractivity contribution in [2.45, 2.75) is 32.3 Å². The van der Waals surface area contributed by atoms with Crippen LogP contribution in [-0.2, 0) is 9.53 Å². The molecule has 0 aliphatic heterocycles. The van der Waals surface area contributed by atoms with Crippen LogP contribution in [0.5, 0.6) is 0 Å².